The van der Waals surface area contributed by atoms with Gasteiger partial charge in [0.15, 0.2) is 0 Å². The van der Waals surface area contributed by atoms with Crippen molar-refractivity contribution in [1.29, 1.82) is 0 Å². The summed E-state index contributed by atoms with van der Waals surface area (Å²) < 4.78 is 1.80. The summed E-state index contributed by atoms with van der Waals surface area (Å²) in [4.78, 5) is 18.4. The molecule has 1 aromatic carbocycles. The molecule has 0 bridgehead atoms. The Balaban J connectivity index is 1.85. The maximum atomic E-state index is 12.5. The first-order valence-corrected chi connectivity index (χ1v) is 6.77. The average Bonchev–Trinajstić information content (AvgIpc) is 3.16. The number of hydrogen-bond acceptors (Lipinski definition) is 3. The van der Waals surface area contributed by atoms with E-state index in [1.54, 1.807) is 22.0 Å². The number of hydrogen-bond donors (Lipinski definition) is 1. The molecular weight excluding hydrogens is 254 g/mol. The molecule has 1 atom stereocenters. The maximum absolute atomic E-state index is 12.5. The predicted molar refractivity (Wildman–Crippen MR) is 74.7 cm³/mol. The molecule has 1 aliphatic rings. The number of aliphatic hydroxyl groups is 1. The van der Waals surface area contributed by atoms with E-state index in [2.05, 4.69) is 4.98 Å². The Hall–Kier alpha value is -2.14. The molecule has 1 aromatic heterocycles. The van der Waals surface area contributed by atoms with Gasteiger partial charge in [-0.05, 0) is 18.6 Å². The first-order chi connectivity index (χ1) is 9.79. The number of aliphatic hydroxyl groups excluding tert-OH is 1. The number of aromatic nitrogens is 2. The van der Waals surface area contributed by atoms with Crippen LogP contribution in [0.5, 0.6) is 0 Å². The molecule has 0 aliphatic carbocycles. The second-order valence-corrected chi connectivity index (χ2v) is 5.07. The molecular formula is C15H17N3O2. The van der Waals surface area contributed by atoms with Crippen LogP contribution >= 0.6 is 0 Å². The van der Waals surface area contributed by atoms with E-state index in [0.29, 0.717) is 18.8 Å². The summed E-state index contributed by atoms with van der Waals surface area (Å²) in [5.41, 5.74) is 1.49. The topological polar surface area (TPSA) is 58.4 Å². The molecule has 5 nitrogen and oxygen atoms in total. The van der Waals surface area contributed by atoms with Crippen LogP contribution in [-0.2, 0) is 0 Å². The van der Waals surface area contributed by atoms with Crippen molar-refractivity contribution in [3.05, 3.63) is 48.5 Å². The van der Waals surface area contributed by atoms with Crippen LogP contribution in [0, 0.1) is 5.92 Å². The largest absolute Gasteiger partial charge is 0.396 e. The summed E-state index contributed by atoms with van der Waals surface area (Å²) in [6, 6.07) is 9.69. The van der Waals surface area contributed by atoms with Gasteiger partial charge in [0.05, 0.1) is 12.5 Å². The fourth-order valence-electron chi connectivity index (χ4n) is 2.58. The number of carbonyl (C=O) groups excluding carboxylic acids is 1. The molecule has 2 aromatic rings. The third kappa shape index (κ3) is 2.32. The molecule has 0 radical (unpaired) electrons. The molecule has 0 saturated carbocycles. The Morgan fingerprint density at radius 2 is 2.15 bits per heavy atom. The van der Waals surface area contributed by atoms with Gasteiger partial charge < -0.3 is 10.0 Å². The Morgan fingerprint density at radius 1 is 1.35 bits per heavy atom. The predicted octanol–water partition coefficient (Wildman–Crippen LogP) is 1.33. The van der Waals surface area contributed by atoms with Crippen LogP contribution in [0.25, 0.3) is 5.69 Å². The monoisotopic (exact) mass is 271 g/mol. The van der Waals surface area contributed by atoms with Crippen molar-refractivity contribution < 1.29 is 9.90 Å². The minimum atomic E-state index is -0.0256. The Morgan fingerprint density at radius 3 is 2.85 bits per heavy atom. The molecule has 1 unspecified atom stereocenters. The number of amides is 1. The molecule has 3 rings (SSSR count). The first-order valence-electron chi connectivity index (χ1n) is 6.77. The van der Waals surface area contributed by atoms with E-state index in [-0.39, 0.29) is 18.4 Å². The minimum absolute atomic E-state index is 0.0256. The van der Waals surface area contributed by atoms with Crippen molar-refractivity contribution in [2.24, 2.45) is 5.92 Å². The van der Waals surface area contributed by atoms with Crippen LogP contribution in [-0.4, -0.2) is 45.2 Å². The summed E-state index contributed by atoms with van der Waals surface area (Å²) in [5.74, 6) is 0.175. The zero-order valence-corrected chi connectivity index (χ0v) is 11.1. The molecule has 104 valence electrons. The highest BCUT2D eigenvalue weighted by Crippen LogP contribution is 2.19. The summed E-state index contributed by atoms with van der Waals surface area (Å²) in [6.45, 7) is 1.46. The van der Waals surface area contributed by atoms with E-state index in [1.165, 1.54) is 0 Å². The van der Waals surface area contributed by atoms with Crippen molar-refractivity contribution >= 4 is 5.91 Å². The average molecular weight is 271 g/mol. The lowest BCUT2D eigenvalue weighted by Gasteiger charge is -2.17. The second kappa shape index (κ2) is 5.46. The summed E-state index contributed by atoms with van der Waals surface area (Å²) in [6.07, 6.45) is 4.12. The molecule has 1 aliphatic heterocycles. The van der Waals surface area contributed by atoms with Crippen molar-refractivity contribution in [3.8, 4) is 5.69 Å². The van der Waals surface area contributed by atoms with Crippen LogP contribution in [0.2, 0.25) is 0 Å². The molecule has 2 heterocycles. The van der Waals surface area contributed by atoms with Gasteiger partial charge in [-0.3, -0.25) is 9.36 Å². The Kier molecular flexibility index (Phi) is 3.52. The number of carbonyl (C=O) groups is 1. The number of rotatable bonds is 3. The van der Waals surface area contributed by atoms with Gasteiger partial charge in [-0.2, -0.15) is 0 Å². The number of likely N-dealkylation sites (tertiary alicyclic amines) is 1. The third-order valence-electron chi connectivity index (χ3n) is 3.72. The summed E-state index contributed by atoms with van der Waals surface area (Å²) >= 11 is 0. The van der Waals surface area contributed by atoms with Gasteiger partial charge in [-0.1, -0.05) is 18.2 Å². The lowest BCUT2D eigenvalue weighted by atomic mass is 10.1. The zero-order chi connectivity index (χ0) is 13.9. The van der Waals surface area contributed by atoms with Crippen molar-refractivity contribution in [2.75, 3.05) is 19.7 Å². The van der Waals surface area contributed by atoms with Gasteiger partial charge in [0.1, 0.15) is 5.69 Å². The van der Waals surface area contributed by atoms with E-state index in [1.807, 2.05) is 30.3 Å². The van der Waals surface area contributed by atoms with E-state index in [4.69, 9.17) is 0 Å². The van der Waals surface area contributed by atoms with Crippen LogP contribution in [0.15, 0.2) is 42.9 Å². The highest BCUT2D eigenvalue weighted by atomic mass is 16.3. The van der Waals surface area contributed by atoms with Crippen molar-refractivity contribution in [2.45, 2.75) is 6.42 Å². The van der Waals surface area contributed by atoms with Gasteiger partial charge >= 0.3 is 0 Å². The van der Waals surface area contributed by atoms with E-state index < -0.39 is 0 Å². The fourth-order valence-corrected chi connectivity index (χ4v) is 2.58. The van der Waals surface area contributed by atoms with Gasteiger partial charge in [0.25, 0.3) is 5.91 Å². The first kappa shape index (κ1) is 12.9. The third-order valence-corrected chi connectivity index (χ3v) is 3.72. The normalized spacial score (nSPS) is 18.4. The highest BCUT2D eigenvalue weighted by molar-refractivity contribution is 5.93. The quantitative estimate of drug-likeness (QED) is 0.916. The molecule has 5 heteroatoms. The van der Waals surface area contributed by atoms with Gasteiger partial charge in [0, 0.05) is 31.3 Å². The molecule has 1 N–H and O–H groups in total. The lowest BCUT2D eigenvalue weighted by molar-refractivity contribution is 0.0774. The van der Waals surface area contributed by atoms with Crippen molar-refractivity contribution in [3.63, 3.8) is 0 Å². The zero-order valence-electron chi connectivity index (χ0n) is 11.1. The summed E-state index contributed by atoms with van der Waals surface area (Å²) in [7, 11) is 0. The second-order valence-electron chi connectivity index (χ2n) is 5.07. The van der Waals surface area contributed by atoms with E-state index >= 15 is 0 Å². The SMILES string of the molecule is O=C(c1cncn1-c1ccccc1)N1CCC(CO)C1. The highest BCUT2D eigenvalue weighted by Gasteiger charge is 2.28. The van der Waals surface area contributed by atoms with Crippen LogP contribution in [0.4, 0.5) is 0 Å². The molecule has 0 spiro atoms. The maximum Gasteiger partial charge on any atom is 0.272 e. The number of nitrogens with zero attached hydrogens (tertiary/aromatic N) is 3. The molecule has 20 heavy (non-hydrogen) atoms. The van der Waals surface area contributed by atoms with E-state index in [0.717, 1.165) is 12.1 Å². The lowest BCUT2D eigenvalue weighted by Crippen LogP contribution is -2.30. The molecule has 1 fully saturated rings. The van der Waals surface area contributed by atoms with Crippen LogP contribution in [0.3, 0.4) is 0 Å². The number of para-hydroxylation sites is 1. The summed E-state index contributed by atoms with van der Waals surface area (Å²) in [5, 5.41) is 9.17. The standard InChI is InChI=1S/C15H17N3O2/c19-10-12-6-7-17(9-12)15(20)14-8-16-11-18(14)13-4-2-1-3-5-13/h1-5,8,11-12,19H,6-7,9-10H2. The van der Waals surface area contributed by atoms with E-state index in [9.17, 15) is 9.90 Å². The van der Waals surface area contributed by atoms with Crippen LogP contribution < -0.4 is 0 Å². The van der Waals surface area contributed by atoms with Gasteiger partial charge in [0.2, 0.25) is 0 Å². The minimum Gasteiger partial charge on any atom is -0.396 e. The molecule has 1 amide bonds. The van der Waals surface area contributed by atoms with Gasteiger partial charge in [-0.25, -0.2) is 4.98 Å². The smallest absolute Gasteiger partial charge is 0.272 e. The molecule has 1 saturated heterocycles. The van der Waals surface area contributed by atoms with Gasteiger partial charge in [-0.15, -0.1) is 0 Å². The van der Waals surface area contributed by atoms with Crippen molar-refractivity contribution in [1.82, 2.24) is 14.5 Å². The van der Waals surface area contributed by atoms with Crippen LogP contribution in [0.1, 0.15) is 16.9 Å². The Labute approximate surface area is 117 Å². The number of imidazole rings is 1. The fraction of sp³-hybridized carbons (Fsp3) is 0.333. The number of benzene rings is 1. The Bertz CT molecular complexity index is 594.